The molecule has 0 bridgehead atoms. The van der Waals surface area contributed by atoms with Crippen LogP contribution in [0.5, 0.6) is 0 Å². The molecule has 0 aliphatic rings. The van der Waals surface area contributed by atoms with Crippen molar-refractivity contribution in [2.24, 2.45) is 0 Å². The van der Waals surface area contributed by atoms with E-state index in [9.17, 15) is 9.18 Å². The van der Waals surface area contributed by atoms with Gasteiger partial charge in [-0.2, -0.15) is 0 Å². The van der Waals surface area contributed by atoms with Gasteiger partial charge in [-0.05, 0) is 31.0 Å². The standard InChI is InChI=1S/C13H14FN3O/c1-10(18)2-7-13-9-17(16-15-13)8-11-3-5-12(14)6-4-11/h3-6,9H,2,7-8H2,1H3. The molecular weight excluding hydrogens is 233 g/mol. The van der Waals surface area contributed by atoms with E-state index >= 15 is 0 Å². The van der Waals surface area contributed by atoms with E-state index in [-0.39, 0.29) is 11.6 Å². The molecule has 0 unspecified atom stereocenters. The highest BCUT2D eigenvalue weighted by atomic mass is 19.1. The van der Waals surface area contributed by atoms with Gasteiger partial charge in [-0.25, -0.2) is 9.07 Å². The van der Waals surface area contributed by atoms with Crippen LogP contribution in [0.3, 0.4) is 0 Å². The van der Waals surface area contributed by atoms with Gasteiger partial charge in [0.05, 0.1) is 12.2 Å². The molecule has 2 aromatic rings. The van der Waals surface area contributed by atoms with E-state index in [0.717, 1.165) is 11.3 Å². The molecule has 0 amide bonds. The molecule has 1 aromatic heterocycles. The van der Waals surface area contributed by atoms with E-state index in [1.54, 1.807) is 23.7 Å². The summed E-state index contributed by atoms with van der Waals surface area (Å²) in [5, 5.41) is 7.96. The number of carbonyl (C=O) groups excluding carboxylic acids is 1. The maximum atomic E-state index is 12.7. The lowest BCUT2D eigenvalue weighted by atomic mass is 10.2. The summed E-state index contributed by atoms with van der Waals surface area (Å²) in [6.45, 7) is 2.11. The summed E-state index contributed by atoms with van der Waals surface area (Å²) in [4.78, 5) is 10.9. The number of halogens is 1. The summed E-state index contributed by atoms with van der Waals surface area (Å²) in [5.41, 5.74) is 1.76. The van der Waals surface area contributed by atoms with Gasteiger partial charge >= 0.3 is 0 Å². The van der Waals surface area contributed by atoms with Crippen molar-refractivity contribution in [1.82, 2.24) is 15.0 Å². The summed E-state index contributed by atoms with van der Waals surface area (Å²) in [6, 6.07) is 6.27. The van der Waals surface area contributed by atoms with Crippen molar-refractivity contribution in [3.8, 4) is 0 Å². The highest BCUT2D eigenvalue weighted by Gasteiger charge is 2.03. The molecule has 4 nitrogen and oxygen atoms in total. The first-order chi connectivity index (χ1) is 8.63. The van der Waals surface area contributed by atoms with Crippen molar-refractivity contribution < 1.29 is 9.18 Å². The molecule has 0 aliphatic carbocycles. The lowest BCUT2D eigenvalue weighted by Gasteiger charge is -2.00. The molecule has 0 fully saturated rings. The molecule has 0 aliphatic heterocycles. The van der Waals surface area contributed by atoms with Crippen LogP contribution < -0.4 is 0 Å². The molecule has 0 saturated carbocycles. The zero-order valence-electron chi connectivity index (χ0n) is 10.1. The number of Topliss-reactive ketones (excluding diaryl/α,β-unsaturated/α-hetero) is 1. The van der Waals surface area contributed by atoms with Crippen LogP contribution >= 0.6 is 0 Å². The second-order valence-corrected chi connectivity index (χ2v) is 4.24. The number of aryl methyl sites for hydroxylation is 1. The number of hydrogen-bond acceptors (Lipinski definition) is 3. The number of rotatable bonds is 5. The van der Waals surface area contributed by atoms with Crippen LogP contribution in [0.25, 0.3) is 0 Å². The van der Waals surface area contributed by atoms with Crippen molar-refractivity contribution in [2.75, 3.05) is 0 Å². The van der Waals surface area contributed by atoms with E-state index in [1.165, 1.54) is 12.1 Å². The Balaban J connectivity index is 1.97. The Bertz CT molecular complexity index is 533. The van der Waals surface area contributed by atoms with Gasteiger partial charge in [0.15, 0.2) is 0 Å². The molecule has 0 N–H and O–H groups in total. The summed E-state index contributed by atoms with van der Waals surface area (Å²) in [7, 11) is 0. The highest BCUT2D eigenvalue weighted by Crippen LogP contribution is 2.05. The van der Waals surface area contributed by atoms with Crippen molar-refractivity contribution in [2.45, 2.75) is 26.3 Å². The first-order valence-electron chi connectivity index (χ1n) is 5.76. The van der Waals surface area contributed by atoms with Gasteiger partial charge in [0, 0.05) is 12.6 Å². The predicted octanol–water partition coefficient (Wildman–Crippen LogP) is 1.99. The molecule has 5 heteroatoms. The first-order valence-corrected chi connectivity index (χ1v) is 5.76. The molecule has 18 heavy (non-hydrogen) atoms. The fourth-order valence-corrected chi connectivity index (χ4v) is 1.61. The van der Waals surface area contributed by atoms with Gasteiger partial charge in [-0.3, -0.25) is 0 Å². The van der Waals surface area contributed by atoms with Gasteiger partial charge < -0.3 is 4.79 Å². The minimum absolute atomic E-state index is 0.142. The third kappa shape index (κ3) is 3.48. The molecule has 0 atom stereocenters. The molecule has 2 rings (SSSR count). The average molecular weight is 247 g/mol. The third-order valence-electron chi connectivity index (χ3n) is 2.58. The van der Waals surface area contributed by atoms with Crippen LogP contribution in [0, 0.1) is 5.82 Å². The van der Waals surface area contributed by atoms with Crippen molar-refractivity contribution >= 4 is 5.78 Å². The number of hydrogen-bond donors (Lipinski definition) is 0. The zero-order chi connectivity index (χ0) is 13.0. The Morgan fingerprint density at radius 3 is 2.72 bits per heavy atom. The third-order valence-corrected chi connectivity index (χ3v) is 2.58. The summed E-state index contributed by atoms with van der Waals surface area (Å²) >= 11 is 0. The van der Waals surface area contributed by atoms with Crippen LogP contribution in [0.15, 0.2) is 30.5 Å². The van der Waals surface area contributed by atoms with Crippen molar-refractivity contribution in [3.05, 3.63) is 47.5 Å². The highest BCUT2D eigenvalue weighted by molar-refractivity contribution is 5.75. The molecule has 94 valence electrons. The molecule has 0 spiro atoms. The Labute approximate surface area is 104 Å². The summed E-state index contributed by atoms with van der Waals surface area (Å²) in [6.07, 6.45) is 2.90. The smallest absolute Gasteiger partial charge is 0.130 e. The van der Waals surface area contributed by atoms with Crippen LogP contribution in [0.2, 0.25) is 0 Å². The lowest BCUT2D eigenvalue weighted by molar-refractivity contribution is -0.116. The van der Waals surface area contributed by atoms with Crippen LogP contribution in [0.4, 0.5) is 4.39 Å². The Morgan fingerprint density at radius 2 is 2.06 bits per heavy atom. The Hall–Kier alpha value is -2.04. The van der Waals surface area contributed by atoms with E-state index in [4.69, 9.17) is 0 Å². The summed E-state index contributed by atoms with van der Waals surface area (Å²) < 4.78 is 14.4. The summed E-state index contributed by atoms with van der Waals surface area (Å²) in [5.74, 6) is -0.109. The lowest BCUT2D eigenvalue weighted by Crippen LogP contribution is -2.00. The fourth-order valence-electron chi connectivity index (χ4n) is 1.61. The Kier molecular flexibility index (Phi) is 3.82. The fraction of sp³-hybridized carbons (Fsp3) is 0.308. The number of aromatic nitrogens is 3. The molecule has 0 saturated heterocycles. The van der Waals surface area contributed by atoms with E-state index in [2.05, 4.69) is 10.3 Å². The number of ketones is 1. The number of carbonyl (C=O) groups is 1. The normalized spacial score (nSPS) is 10.6. The van der Waals surface area contributed by atoms with Gasteiger partial charge in [-0.15, -0.1) is 5.10 Å². The monoisotopic (exact) mass is 247 g/mol. The quantitative estimate of drug-likeness (QED) is 0.811. The van der Waals surface area contributed by atoms with Gasteiger partial charge in [0.2, 0.25) is 0 Å². The molecule has 1 aromatic carbocycles. The van der Waals surface area contributed by atoms with Crippen LogP contribution in [-0.2, 0) is 17.8 Å². The topological polar surface area (TPSA) is 47.8 Å². The molecular formula is C13H14FN3O. The van der Waals surface area contributed by atoms with E-state index < -0.39 is 0 Å². The SMILES string of the molecule is CC(=O)CCc1cn(Cc2ccc(F)cc2)nn1. The number of nitrogens with zero attached hydrogens (tertiary/aromatic N) is 3. The van der Waals surface area contributed by atoms with Crippen LogP contribution in [-0.4, -0.2) is 20.8 Å². The van der Waals surface area contributed by atoms with Crippen LogP contribution in [0.1, 0.15) is 24.6 Å². The maximum absolute atomic E-state index is 12.7. The second-order valence-electron chi connectivity index (χ2n) is 4.24. The Morgan fingerprint density at radius 1 is 1.33 bits per heavy atom. The second kappa shape index (κ2) is 5.53. The van der Waals surface area contributed by atoms with E-state index in [0.29, 0.717) is 19.4 Å². The minimum Gasteiger partial charge on any atom is -0.300 e. The van der Waals surface area contributed by atoms with Gasteiger partial charge in [0.1, 0.15) is 11.6 Å². The van der Waals surface area contributed by atoms with Gasteiger partial charge in [0.25, 0.3) is 0 Å². The minimum atomic E-state index is -0.250. The first kappa shape index (κ1) is 12.4. The predicted molar refractivity (Wildman–Crippen MR) is 64.5 cm³/mol. The van der Waals surface area contributed by atoms with Crippen molar-refractivity contribution in [1.29, 1.82) is 0 Å². The largest absolute Gasteiger partial charge is 0.300 e. The van der Waals surface area contributed by atoms with E-state index in [1.807, 2.05) is 6.20 Å². The zero-order valence-corrected chi connectivity index (χ0v) is 10.1. The number of benzene rings is 1. The van der Waals surface area contributed by atoms with Crippen molar-refractivity contribution in [3.63, 3.8) is 0 Å². The molecule has 1 heterocycles. The average Bonchev–Trinajstić information content (AvgIpc) is 2.77. The maximum Gasteiger partial charge on any atom is 0.130 e. The molecule has 0 radical (unpaired) electrons. The van der Waals surface area contributed by atoms with Gasteiger partial charge in [-0.1, -0.05) is 17.3 Å².